The first-order valence-corrected chi connectivity index (χ1v) is 13.4. The highest BCUT2D eigenvalue weighted by Crippen LogP contribution is 2.27. The normalized spacial score (nSPS) is 15.8. The van der Waals surface area contributed by atoms with Crippen LogP contribution in [0.4, 0.5) is 11.6 Å². The maximum absolute atomic E-state index is 13.0. The van der Waals surface area contributed by atoms with Crippen molar-refractivity contribution in [2.24, 2.45) is 4.99 Å². The van der Waals surface area contributed by atoms with E-state index in [1.165, 1.54) is 0 Å². The number of aromatic nitrogens is 2. The van der Waals surface area contributed by atoms with Crippen molar-refractivity contribution in [1.82, 2.24) is 25.5 Å². The van der Waals surface area contributed by atoms with Crippen LogP contribution < -0.4 is 26.4 Å². The molecule has 0 unspecified atom stereocenters. The Hall–Kier alpha value is -4.38. The maximum Gasteiger partial charge on any atom is 0.280 e. The highest BCUT2D eigenvalue weighted by atomic mass is 35.5. The summed E-state index contributed by atoms with van der Waals surface area (Å²) in [5.74, 6) is 0.947. The van der Waals surface area contributed by atoms with Gasteiger partial charge in [-0.3, -0.25) is 19.9 Å². The number of aliphatic imine (C=N–C) groups is 1. The van der Waals surface area contributed by atoms with E-state index >= 15 is 0 Å². The smallest absolute Gasteiger partial charge is 0.280 e. The molecule has 0 bridgehead atoms. The Balaban J connectivity index is 1.09. The molecule has 1 fully saturated rings. The SMILES string of the molecule is CNc1nc(N)c(Cl)nc1C(=O)NC1=NCC2(CCN(C(=O)Cc3ccc(OCc4ccccc4)cc3)CC2)N1. The van der Waals surface area contributed by atoms with E-state index in [9.17, 15) is 9.59 Å². The number of amides is 2. The van der Waals surface area contributed by atoms with Crippen molar-refractivity contribution in [2.75, 3.05) is 37.7 Å². The second-order valence-electron chi connectivity index (χ2n) is 9.85. The Labute approximate surface area is 237 Å². The van der Waals surface area contributed by atoms with Gasteiger partial charge in [0.25, 0.3) is 5.91 Å². The van der Waals surface area contributed by atoms with Crippen LogP contribution in [0.5, 0.6) is 5.75 Å². The van der Waals surface area contributed by atoms with Gasteiger partial charge in [-0.2, -0.15) is 0 Å². The summed E-state index contributed by atoms with van der Waals surface area (Å²) in [6.45, 7) is 2.20. The minimum absolute atomic E-state index is 0.0170. The van der Waals surface area contributed by atoms with Gasteiger partial charge < -0.3 is 26.0 Å². The summed E-state index contributed by atoms with van der Waals surface area (Å²) < 4.78 is 5.84. The largest absolute Gasteiger partial charge is 0.489 e. The summed E-state index contributed by atoms with van der Waals surface area (Å²) >= 11 is 5.96. The van der Waals surface area contributed by atoms with Gasteiger partial charge in [-0.25, -0.2) is 9.97 Å². The molecule has 5 rings (SSSR count). The molecule has 3 heterocycles. The van der Waals surface area contributed by atoms with Crippen LogP contribution >= 0.6 is 11.6 Å². The van der Waals surface area contributed by atoms with Gasteiger partial charge in [-0.15, -0.1) is 0 Å². The summed E-state index contributed by atoms with van der Waals surface area (Å²) in [6.07, 6.45) is 1.75. The van der Waals surface area contributed by atoms with Crippen molar-refractivity contribution in [2.45, 2.75) is 31.4 Å². The van der Waals surface area contributed by atoms with E-state index in [0.29, 0.717) is 51.5 Å². The van der Waals surface area contributed by atoms with E-state index in [1.807, 2.05) is 59.5 Å². The number of piperidine rings is 1. The number of nitrogens with one attached hydrogen (secondary N) is 3. The van der Waals surface area contributed by atoms with Crippen molar-refractivity contribution in [3.05, 3.63) is 76.6 Å². The van der Waals surface area contributed by atoms with Gasteiger partial charge in [-0.05, 0) is 36.1 Å². The number of ether oxygens (including phenoxy) is 1. The lowest BCUT2D eigenvalue weighted by Gasteiger charge is -2.39. The van der Waals surface area contributed by atoms with E-state index in [-0.39, 0.29) is 33.9 Å². The average Bonchev–Trinajstić information content (AvgIpc) is 3.35. The summed E-state index contributed by atoms with van der Waals surface area (Å²) in [5, 5.41) is 8.84. The number of nitrogens with zero attached hydrogens (tertiary/aromatic N) is 4. The summed E-state index contributed by atoms with van der Waals surface area (Å²) in [6, 6.07) is 17.6. The molecule has 0 radical (unpaired) electrons. The number of halogens is 1. The van der Waals surface area contributed by atoms with Crippen LogP contribution in [0.3, 0.4) is 0 Å². The molecule has 5 N–H and O–H groups in total. The zero-order valence-electron chi connectivity index (χ0n) is 22.1. The van der Waals surface area contributed by atoms with Gasteiger partial charge in [-0.1, -0.05) is 54.1 Å². The van der Waals surface area contributed by atoms with Crippen LogP contribution in [0.15, 0.2) is 59.6 Å². The third-order valence-electron chi connectivity index (χ3n) is 7.09. The first-order chi connectivity index (χ1) is 19.3. The number of nitrogen functional groups attached to an aromatic ring is 1. The highest BCUT2D eigenvalue weighted by Gasteiger charge is 2.40. The fraction of sp³-hybridized carbons (Fsp3) is 0.321. The number of nitrogens with two attached hydrogens (primary N) is 1. The van der Waals surface area contributed by atoms with E-state index in [0.717, 1.165) is 16.9 Å². The molecule has 2 aromatic carbocycles. The molecule has 1 aromatic heterocycles. The van der Waals surface area contributed by atoms with Crippen molar-refractivity contribution < 1.29 is 14.3 Å². The van der Waals surface area contributed by atoms with Crippen molar-refractivity contribution in [1.29, 1.82) is 0 Å². The maximum atomic E-state index is 13.0. The van der Waals surface area contributed by atoms with Crippen LogP contribution in [0.1, 0.15) is 34.5 Å². The fourth-order valence-electron chi connectivity index (χ4n) is 4.76. The molecule has 1 saturated heterocycles. The van der Waals surface area contributed by atoms with Crippen LogP contribution in [0.2, 0.25) is 5.15 Å². The molecular formula is C28H31ClN8O3. The third-order valence-corrected chi connectivity index (χ3v) is 7.36. The lowest BCUT2D eigenvalue weighted by Crippen LogP contribution is -2.57. The summed E-state index contributed by atoms with van der Waals surface area (Å²) in [7, 11) is 1.61. The predicted octanol–water partition coefficient (Wildman–Crippen LogP) is 2.63. The predicted molar refractivity (Wildman–Crippen MR) is 153 cm³/mol. The molecule has 0 saturated carbocycles. The Kier molecular flexibility index (Phi) is 8.01. The lowest BCUT2D eigenvalue weighted by molar-refractivity contribution is -0.132. The average molecular weight is 563 g/mol. The Morgan fingerprint density at radius 1 is 1.07 bits per heavy atom. The molecule has 2 amide bonds. The molecule has 3 aromatic rings. The van der Waals surface area contributed by atoms with Crippen LogP contribution in [0.25, 0.3) is 0 Å². The van der Waals surface area contributed by atoms with Crippen molar-refractivity contribution in [3.8, 4) is 5.75 Å². The van der Waals surface area contributed by atoms with E-state index < -0.39 is 5.91 Å². The zero-order valence-corrected chi connectivity index (χ0v) is 22.9. The summed E-state index contributed by atoms with van der Waals surface area (Å²) in [5.41, 5.74) is 7.43. The highest BCUT2D eigenvalue weighted by molar-refractivity contribution is 6.31. The van der Waals surface area contributed by atoms with Crippen LogP contribution in [-0.4, -0.2) is 64.9 Å². The van der Waals surface area contributed by atoms with Gasteiger partial charge in [0.2, 0.25) is 5.91 Å². The lowest BCUT2D eigenvalue weighted by atomic mass is 9.88. The number of likely N-dealkylation sites (tertiary alicyclic amines) is 1. The number of rotatable bonds is 7. The molecule has 0 aliphatic carbocycles. The molecule has 1 spiro atoms. The minimum atomic E-state index is -0.508. The van der Waals surface area contributed by atoms with Gasteiger partial charge in [0.15, 0.2) is 28.4 Å². The van der Waals surface area contributed by atoms with Crippen molar-refractivity contribution in [3.63, 3.8) is 0 Å². The number of carbonyl (C=O) groups excluding carboxylic acids is 2. The summed E-state index contributed by atoms with van der Waals surface area (Å²) in [4.78, 5) is 40.3. The first-order valence-electron chi connectivity index (χ1n) is 13.0. The number of guanidine groups is 1. The molecule has 2 aliphatic rings. The van der Waals surface area contributed by atoms with Crippen molar-refractivity contribution >= 4 is 41.0 Å². The fourth-order valence-corrected chi connectivity index (χ4v) is 4.88. The standard InChI is InChI=1S/C28H31ClN8O3/c1-31-25-22(33-23(29)24(30)34-25)26(39)35-27-32-17-28(36-27)11-13-37(14-12-28)21(38)15-18-7-9-20(10-8-18)40-16-19-5-3-2-4-6-19/h2-10H,11-17H2,1H3,(H3,30,31,34)(H2,32,35,36,39). The molecule has 0 atom stereocenters. The second kappa shape index (κ2) is 11.8. The van der Waals surface area contributed by atoms with E-state index in [1.54, 1.807) is 7.05 Å². The zero-order chi connectivity index (χ0) is 28.1. The van der Waals surface area contributed by atoms with Gasteiger partial charge >= 0.3 is 0 Å². The molecule has 12 heteroatoms. The third kappa shape index (κ3) is 6.26. The monoisotopic (exact) mass is 562 g/mol. The number of anilines is 2. The molecule has 40 heavy (non-hydrogen) atoms. The van der Waals surface area contributed by atoms with E-state index in [4.69, 9.17) is 22.1 Å². The Morgan fingerprint density at radius 2 is 1.80 bits per heavy atom. The topological polar surface area (TPSA) is 147 Å². The first kappa shape index (κ1) is 27.2. The molecule has 11 nitrogen and oxygen atoms in total. The number of hydrogen-bond acceptors (Lipinski definition) is 9. The molecule has 208 valence electrons. The minimum Gasteiger partial charge on any atom is -0.489 e. The number of hydrogen-bond donors (Lipinski definition) is 4. The Bertz CT molecular complexity index is 1410. The number of carbonyl (C=O) groups is 2. The Morgan fingerprint density at radius 3 is 2.50 bits per heavy atom. The van der Waals surface area contributed by atoms with Gasteiger partial charge in [0, 0.05) is 20.1 Å². The molecule has 2 aliphatic heterocycles. The van der Waals surface area contributed by atoms with Gasteiger partial charge in [0.05, 0.1) is 18.5 Å². The van der Waals surface area contributed by atoms with Crippen LogP contribution in [0, 0.1) is 0 Å². The second-order valence-corrected chi connectivity index (χ2v) is 10.2. The molecular weight excluding hydrogens is 532 g/mol. The van der Waals surface area contributed by atoms with Crippen LogP contribution in [-0.2, 0) is 17.8 Å². The van der Waals surface area contributed by atoms with Gasteiger partial charge in [0.1, 0.15) is 12.4 Å². The van der Waals surface area contributed by atoms with E-state index in [2.05, 4.69) is 30.9 Å². The quantitative estimate of drug-likeness (QED) is 0.344. The number of benzene rings is 2.